The Hall–Kier alpha value is -1.44. The van der Waals surface area contributed by atoms with E-state index in [1.807, 2.05) is 0 Å². The van der Waals surface area contributed by atoms with Crippen molar-refractivity contribution in [2.24, 2.45) is 39.9 Å². The highest BCUT2D eigenvalue weighted by Crippen LogP contribution is 3.16. The molecule has 8 rings (SSSR count). The number of hydrogen-bond acceptors (Lipinski definition) is 5. The molecule has 25 heavy (non-hydrogen) atoms. The van der Waals surface area contributed by atoms with Gasteiger partial charge >= 0.3 is 5.69 Å². The van der Waals surface area contributed by atoms with Gasteiger partial charge in [0, 0.05) is 34.6 Å². The van der Waals surface area contributed by atoms with Crippen LogP contribution in [0.1, 0.15) is 24.3 Å². The fraction of sp³-hybridized carbons (Fsp3) is 0.778. The van der Waals surface area contributed by atoms with Gasteiger partial charge in [0.2, 0.25) is 0 Å². The molecule has 0 aromatic carbocycles. The number of hydrogen-bond donors (Lipinski definition) is 4. The summed E-state index contributed by atoms with van der Waals surface area (Å²) in [5.74, 6) is 0.897. The summed E-state index contributed by atoms with van der Waals surface area (Å²) in [4.78, 5) is 27.3. The van der Waals surface area contributed by atoms with Crippen LogP contribution in [0, 0.1) is 39.9 Å². The average molecular weight is 344 g/mol. The molecule has 4 atom stereocenters. The summed E-state index contributed by atoms with van der Waals surface area (Å²) >= 11 is 0. The Labute approximate surface area is 142 Å². The van der Waals surface area contributed by atoms with Gasteiger partial charge in [0.25, 0.3) is 5.56 Å². The van der Waals surface area contributed by atoms with E-state index >= 15 is 0 Å². The van der Waals surface area contributed by atoms with Gasteiger partial charge in [0.1, 0.15) is 0 Å². The minimum absolute atomic E-state index is 0.00290. The zero-order valence-electron chi connectivity index (χ0n) is 13.6. The van der Waals surface area contributed by atoms with Gasteiger partial charge in [-0.15, -0.1) is 0 Å². The number of nitrogens with one attached hydrogen (secondary N) is 1. The largest absolute Gasteiger partial charge is 0.396 e. The molecule has 7 aliphatic carbocycles. The maximum absolute atomic E-state index is 12.7. The van der Waals surface area contributed by atoms with E-state index in [2.05, 4.69) is 4.98 Å². The fourth-order valence-electron chi connectivity index (χ4n) is 9.41. The van der Waals surface area contributed by atoms with E-state index < -0.39 is 11.2 Å². The predicted octanol–water partition coefficient (Wildman–Crippen LogP) is -1.42. The number of nitrogens with zero attached hydrogens (tertiary/aromatic N) is 1. The lowest BCUT2D eigenvalue weighted by molar-refractivity contribution is -0.734. The molecule has 132 valence electrons. The molecule has 7 heteroatoms. The van der Waals surface area contributed by atoms with Gasteiger partial charge in [-0.3, -0.25) is 14.3 Å². The van der Waals surface area contributed by atoms with Crippen LogP contribution >= 0.6 is 0 Å². The summed E-state index contributed by atoms with van der Waals surface area (Å²) in [5, 5.41) is 30.3. The Morgan fingerprint density at radius 1 is 0.960 bits per heavy atom. The Morgan fingerprint density at radius 2 is 1.52 bits per heavy atom. The topological polar surface area (TPSA) is 116 Å². The Kier molecular flexibility index (Phi) is 1.80. The molecule has 7 nitrogen and oxygen atoms in total. The second-order valence-corrected chi connectivity index (χ2v) is 9.32. The van der Waals surface area contributed by atoms with Gasteiger partial charge in [0.15, 0.2) is 0 Å². The molecule has 4 unspecified atom stereocenters. The minimum atomic E-state index is -0.457. The molecule has 0 amide bonds. The van der Waals surface area contributed by atoms with Crippen molar-refractivity contribution in [1.29, 1.82) is 0 Å². The summed E-state index contributed by atoms with van der Waals surface area (Å²) in [7, 11) is 0. The van der Waals surface area contributed by atoms with Crippen LogP contribution in [-0.4, -0.2) is 44.7 Å². The van der Waals surface area contributed by atoms with Crippen molar-refractivity contribution in [3.05, 3.63) is 32.6 Å². The SMILES string of the molecule is O=c1[nH]c(=O)n(C23C4C5C6(CO)C(C2C46CO)C53CO)cc1C1CC1. The molecule has 7 saturated carbocycles. The standard InChI is InChI=1S/C18H20N2O5/c21-4-15-9-11-16(15,5-22)12-10(15)17(9,6-23)18(11,12)20-3-8(7-1-2-7)13(24)19-14(20)25/h3,7,9-12,21-23H,1-2,4-6H2,(H,19,24,25). The zero-order valence-corrected chi connectivity index (χ0v) is 13.6. The lowest BCUT2D eigenvalue weighted by atomic mass is 8.86. The molecule has 7 fully saturated rings. The van der Waals surface area contributed by atoms with Crippen LogP contribution in [0.3, 0.4) is 0 Å². The number of rotatable bonds is 5. The van der Waals surface area contributed by atoms with Gasteiger partial charge in [0.05, 0.1) is 18.8 Å². The Bertz CT molecular complexity index is 968. The molecule has 1 heterocycles. The Morgan fingerprint density at radius 3 is 2.04 bits per heavy atom. The quantitative estimate of drug-likeness (QED) is 0.523. The van der Waals surface area contributed by atoms with Crippen LogP contribution in [0.2, 0.25) is 0 Å². The van der Waals surface area contributed by atoms with E-state index in [0.717, 1.165) is 12.8 Å². The highest BCUT2D eigenvalue weighted by molar-refractivity contribution is 5.66. The zero-order chi connectivity index (χ0) is 17.1. The summed E-state index contributed by atoms with van der Waals surface area (Å²) in [6.07, 6.45) is 3.70. The summed E-state index contributed by atoms with van der Waals surface area (Å²) in [6.45, 7) is 0.0945. The molecule has 0 radical (unpaired) electrons. The van der Waals surface area contributed by atoms with E-state index in [9.17, 15) is 24.9 Å². The van der Waals surface area contributed by atoms with Crippen LogP contribution in [0.5, 0.6) is 0 Å². The molecule has 0 saturated heterocycles. The first-order chi connectivity index (χ1) is 12.1. The normalized spacial score (nSPS) is 57.6. The van der Waals surface area contributed by atoms with E-state index in [1.54, 1.807) is 10.8 Å². The summed E-state index contributed by atoms with van der Waals surface area (Å²) in [5.41, 5.74) is -1.31. The van der Waals surface area contributed by atoms with Crippen LogP contribution in [0.25, 0.3) is 0 Å². The average Bonchev–Trinajstić information content (AvgIpc) is 3.45. The summed E-state index contributed by atoms with van der Waals surface area (Å²) < 4.78 is 1.70. The maximum Gasteiger partial charge on any atom is 0.328 e. The van der Waals surface area contributed by atoms with Crippen molar-refractivity contribution in [3.8, 4) is 0 Å². The van der Waals surface area contributed by atoms with Crippen molar-refractivity contribution in [1.82, 2.24) is 9.55 Å². The maximum atomic E-state index is 12.7. The smallest absolute Gasteiger partial charge is 0.328 e. The van der Waals surface area contributed by atoms with E-state index in [1.165, 1.54) is 0 Å². The lowest BCUT2D eigenvalue weighted by Crippen LogP contribution is -3.22. The van der Waals surface area contributed by atoms with Crippen molar-refractivity contribution >= 4 is 0 Å². The second-order valence-electron chi connectivity index (χ2n) is 9.32. The molecule has 4 N–H and O–H groups in total. The van der Waals surface area contributed by atoms with E-state index in [0.29, 0.717) is 5.56 Å². The van der Waals surface area contributed by atoms with Crippen molar-refractivity contribution in [2.45, 2.75) is 24.3 Å². The second kappa shape index (κ2) is 3.28. The van der Waals surface area contributed by atoms with Crippen LogP contribution in [-0.2, 0) is 5.54 Å². The molecule has 7 aliphatic rings. The minimum Gasteiger partial charge on any atom is -0.396 e. The summed E-state index contributed by atoms with van der Waals surface area (Å²) in [6, 6.07) is 0. The third-order valence-corrected chi connectivity index (χ3v) is 9.73. The van der Waals surface area contributed by atoms with E-state index in [-0.39, 0.29) is 71.2 Å². The van der Waals surface area contributed by atoms with Gasteiger partial charge < -0.3 is 15.3 Å². The lowest BCUT2D eigenvalue weighted by Gasteiger charge is -3.18. The molecular weight excluding hydrogens is 324 g/mol. The van der Waals surface area contributed by atoms with Crippen LogP contribution < -0.4 is 11.2 Å². The highest BCUT2D eigenvalue weighted by atomic mass is 16.3. The third kappa shape index (κ3) is 0.780. The molecule has 0 spiro atoms. The molecule has 0 aliphatic heterocycles. The van der Waals surface area contributed by atoms with Gasteiger partial charge in [-0.05, 0) is 42.4 Å². The van der Waals surface area contributed by atoms with Crippen molar-refractivity contribution < 1.29 is 15.3 Å². The molecule has 0 bridgehead atoms. The Balaban J connectivity index is 1.44. The first-order valence-electron chi connectivity index (χ1n) is 9.24. The first kappa shape index (κ1) is 13.7. The van der Waals surface area contributed by atoms with Crippen molar-refractivity contribution in [3.63, 3.8) is 0 Å². The van der Waals surface area contributed by atoms with Gasteiger partial charge in [-0.2, -0.15) is 0 Å². The van der Waals surface area contributed by atoms with Gasteiger partial charge in [-0.1, -0.05) is 0 Å². The highest BCUT2D eigenvalue weighted by Gasteiger charge is 3.20. The monoisotopic (exact) mass is 344 g/mol. The van der Waals surface area contributed by atoms with E-state index in [4.69, 9.17) is 0 Å². The molecule has 1 aromatic rings. The van der Waals surface area contributed by atoms with Crippen molar-refractivity contribution in [2.75, 3.05) is 19.8 Å². The number of aliphatic hydroxyl groups excluding tert-OH is 3. The number of H-pyrrole nitrogens is 1. The van der Waals surface area contributed by atoms with Gasteiger partial charge in [-0.25, -0.2) is 4.79 Å². The number of aliphatic hydroxyl groups is 3. The third-order valence-electron chi connectivity index (χ3n) is 9.73. The molecule has 1 aromatic heterocycles. The number of aromatic nitrogens is 2. The predicted molar refractivity (Wildman–Crippen MR) is 83.8 cm³/mol. The molecular formula is C18H20N2O5. The van der Waals surface area contributed by atoms with Crippen LogP contribution in [0.15, 0.2) is 15.8 Å². The number of aromatic amines is 1. The fourth-order valence-corrected chi connectivity index (χ4v) is 9.41. The first-order valence-corrected chi connectivity index (χ1v) is 9.24. The van der Waals surface area contributed by atoms with Crippen LogP contribution in [0.4, 0.5) is 0 Å².